The van der Waals surface area contributed by atoms with Crippen molar-refractivity contribution in [1.29, 1.82) is 0 Å². The van der Waals surface area contributed by atoms with Gasteiger partial charge in [0.25, 0.3) is 5.91 Å². The van der Waals surface area contributed by atoms with E-state index in [1.807, 2.05) is 30.1 Å². The number of nitrogens with one attached hydrogen (secondary N) is 2. The summed E-state index contributed by atoms with van der Waals surface area (Å²) >= 11 is 0. The molecule has 4 N–H and O–H groups in total. The van der Waals surface area contributed by atoms with Crippen LogP contribution in [-0.4, -0.2) is 73.6 Å². The van der Waals surface area contributed by atoms with Crippen LogP contribution in [0.15, 0.2) is 30.3 Å². The fourth-order valence-electron chi connectivity index (χ4n) is 9.00. The Morgan fingerprint density at radius 2 is 1.91 bits per heavy atom. The molecular formula is C35H40N8O4. The minimum absolute atomic E-state index is 0.0178. The first kappa shape index (κ1) is 28.7. The van der Waals surface area contributed by atoms with Gasteiger partial charge in [-0.3, -0.25) is 14.9 Å². The Hall–Kier alpha value is -4.45. The van der Waals surface area contributed by atoms with Crippen molar-refractivity contribution < 1.29 is 19.1 Å². The van der Waals surface area contributed by atoms with Crippen LogP contribution in [0, 0.1) is 17.8 Å². The number of fused-ring (bicyclic) bond motifs is 5. The number of nitrogens with zero attached hydrogens (tertiary/aromatic N) is 5. The summed E-state index contributed by atoms with van der Waals surface area (Å²) in [4.78, 5) is 51.1. The van der Waals surface area contributed by atoms with Crippen LogP contribution in [0.25, 0.3) is 33.6 Å². The highest BCUT2D eigenvalue weighted by Gasteiger charge is 2.47. The van der Waals surface area contributed by atoms with Crippen molar-refractivity contribution in [2.24, 2.45) is 30.5 Å². The molecular weight excluding hydrogens is 596 g/mol. The summed E-state index contributed by atoms with van der Waals surface area (Å²) in [6.45, 7) is 1.53. The number of amides is 4. The van der Waals surface area contributed by atoms with E-state index in [9.17, 15) is 14.4 Å². The molecule has 6 atom stereocenters. The molecule has 12 heteroatoms. The third-order valence-corrected chi connectivity index (χ3v) is 11.6. The first-order chi connectivity index (χ1) is 22.8. The average molecular weight is 637 g/mol. The Balaban J connectivity index is 1.12. The minimum atomic E-state index is -0.411. The number of pyridine rings is 1. The lowest BCUT2D eigenvalue weighted by molar-refractivity contribution is -0.127. The van der Waals surface area contributed by atoms with Gasteiger partial charge in [-0.05, 0) is 80.7 Å². The molecule has 4 aromatic rings. The van der Waals surface area contributed by atoms with Gasteiger partial charge >= 0.3 is 6.03 Å². The first-order valence-electron chi connectivity index (χ1n) is 17.0. The number of aryl methyl sites for hydroxylation is 1. The zero-order chi connectivity index (χ0) is 32.1. The number of nitrogens with two attached hydrogens (primary N) is 1. The fourth-order valence-corrected chi connectivity index (χ4v) is 9.00. The molecule has 5 fully saturated rings. The Morgan fingerprint density at radius 3 is 2.66 bits per heavy atom. The number of imidazole rings is 1. The van der Waals surface area contributed by atoms with Crippen LogP contribution in [-0.2, 0) is 18.4 Å². The second-order valence-electron chi connectivity index (χ2n) is 14.3. The molecule has 5 aliphatic rings. The van der Waals surface area contributed by atoms with E-state index in [0.717, 1.165) is 72.4 Å². The lowest BCUT2D eigenvalue weighted by atomic mass is 9.73. The van der Waals surface area contributed by atoms with E-state index in [1.54, 1.807) is 7.11 Å². The second-order valence-corrected chi connectivity index (χ2v) is 14.3. The summed E-state index contributed by atoms with van der Waals surface area (Å²) in [5.74, 6) is 1.67. The van der Waals surface area contributed by atoms with Crippen LogP contribution in [0.5, 0.6) is 5.75 Å². The van der Waals surface area contributed by atoms with Gasteiger partial charge in [-0.1, -0.05) is 6.42 Å². The van der Waals surface area contributed by atoms with Gasteiger partial charge in [0.15, 0.2) is 5.82 Å². The molecule has 2 bridgehead atoms. The highest BCUT2D eigenvalue weighted by Crippen LogP contribution is 2.42. The zero-order valence-electron chi connectivity index (χ0n) is 26.7. The molecule has 3 aliphatic carbocycles. The number of hydrogen-bond acceptors (Lipinski definition) is 7. The normalized spacial score (nSPS) is 28.5. The standard InChI is InChI=1S/C35H40N8O4/c1-41-30-24(12-20(14-27(30)47-2)34(45)43-16-19-9-11-25(43)29(19)36)38-32(41)26-13-18-8-10-22(37-31(18)42(26)15-17-6-7-17)21-4-3-5-23-28(21)33(44)40-35(46)39-23/h8,10,12-14,17,19,21,23,25,28-29H,3-7,9,11,15-16,36H2,1-2H3,(H2,39,40,44,46)/t19-,21?,23?,25-,28?,29-/m1/s1. The first-order valence-corrected chi connectivity index (χ1v) is 17.0. The number of urea groups is 1. The third-order valence-electron chi connectivity index (χ3n) is 11.6. The molecule has 3 aromatic heterocycles. The Labute approximate surface area is 272 Å². The number of carbonyl (C=O) groups excluding carboxylic acids is 3. The third kappa shape index (κ3) is 4.47. The van der Waals surface area contributed by atoms with Gasteiger partial charge in [-0.15, -0.1) is 0 Å². The van der Waals surface area contributed by atoms with E-state index in [0.29, 0.717) is 35.2 Å². The van der Waals surface area contributed by atoms with E-state index in [4.69, 9.17) is 20.4 Å². The molecule has 47 heavy (non-hydrogen) atoms. The lowest BCUT2D eigenvalue weighted by Gasteiger charge is -2.40. The highest BCUT2D eigenvalue weighted by atomic mass is 16.5. The number of carbonyl (C=O) groups is 3. The summed E-state index contributed by atoms with van der Waals surface area (Å²) in [6.07, 6.45) is 6.95. The number of rotatable bonds is 6. The predicted molar refractivity (Wildman–Crippen MR) is 175 cm³/mol. The molecule has 12 nitrogen and oxygen atoms in total. The van der Waals surface area contributed by atoms with E-state index < -0.39 is 6.03 Å². The van der Waals surface area contributed by atoms with Crippen LogP contribution in [0.1, 0.15) is 66.9 Å². The number of imide groups is 1. The van der Waals surface area contributed by atoms with Crippen LogP contribution in [0.2, 0.25) is 0 Å². The Bertz CT molecular complexity index is 1980. The van der Waals surface area contributed by atoms with E-state index in [1.165, 1.54) is 12.8 Å². The zero-order valence-corrected chi connectivity index (χ0v) is 26.7. The molecule has 0 radical (unpaired) electrons. The summed E-state index contributed by atoms with van der Waals surface area (Å²) in [5.41, 5.74) is 11.2. The van der Waals surface area contributed by atoms with Gasteiger partial charge in [0, 0.05) is 60.8 Å². The van der Waals surface area contributed by atoms with Gasteiger partial charge in [0.2, 0.25) is 5.91 Å². The molecule has 3 saturated carbocycles. The monoisotopic (exact) mass is 636 g/mol. The van der Waals surface area contributed by atoms with Gasteiger partial charge in [-0.2, -0.15) is 0 Å². The summed E-state index contributed by atoms with van der Waals surface area (Å²) in [7, 11) is 3.62. The van der Waals surface area contributed by atoms with Crippen molar-refractivity contribution in [1.82, 2.24) is 34.6 Å². The molecule has 2 aliphatic heterocycles. The molecule has 1 aromatic carbocycles. The van der Waals surface area contributed by atoms with E-state index in [-0.39, 0.29) is 41.8 Å². The van der Waals surface area contributed by atoms with Crippen molar-refractivity contribution in [3.63, 3.8) is 0 Å². The number of aromatic nitrogens is 4. The lowest BCUT2D eigenvalue weighted by Crippen LogP contribution is -2.60. The summed E-state index contributed by atoms with van der Waals surface area (Å²) < 4.78 is 10.2. The molecule has 3 unspecified atom stereocenters. The van der Waals surface area contributed by atoms with E-state index in [2.05, 4.69) is 31.9 Å². The molecule has 0 spiro atoms. The SMILES string of the molecule is COc1cc(C(=O)N2C[C@H]3CC[C@@H]2[C@@H]3N)cc2nc(-c3cc4ccc(C5CCCC6NC(=O)NC(=O)C65)nc4n3CC3CC3)n(C)c12. The van der Waals surface area contributed by atoms with E-state index >= 15 is 0 Å². The minimum Gasteiger partial charge on any atom is -0.494 e. The maximum Gasteiger partial charge on any atom is 0.321 e. The molecule has 244 valence electrons. The van der Waals surface area contributed by atoms with Gasteiger partial charge in [-0.25, -0.2) is 14.8 Å². The van der Waals surface area contributed by atoms with Crippen molar-refractivity contribution in [3.05, 3.63) is 41.6 Å². The fraction of sp³-hybridized carbons (Fsp3) is 0.514. The maximum absolute atomic E-state index is 13.8. The number of hydrogen-bond donors (Lipinski definition) is 3. The van der Waals surface area contributed by atoms with Crippen LogP contribution in [0.4, 0.5) is 4.79 Å². The number of piperidine rings is 1. The molecule has 4 amide bonds. The Kier molecular flexibility index (Phi) is 6.44. The highest BCUT2D eigenvalue weighted by molar-refractivity contribution is 6.01. The number of benzene rings is 1. The quantitative estimate of drug-likeness (QED) is 0.292. The maximum atomic E-state index is 13.8. The van der Waals surface area contributed by atoms with Gasteiger partial charge in [0.05, 0.1) is 24.2 Å². The molecule has 9 rings (SSSR count). The predicted octanol–water partition coefficient (Wildman–Crippen LogP) is 3.66. The number of ether oxygens (including phenoxy) is 1. The number of methoxy groups -OCH3 is 1. The molecule has 5 heterocycles. The van der Waals surface area contributed by atoms with Crippen LogP contribution >= 0.6 is 0 Å². The van der Waals surface area contributed by atoms with Crippen molar-refractivity contribution >= 4 is 39.9 Å². The second kappa shape index (κ2) is 10.5. The van der Waals surface area contributed by atoms with Gasteiger partial charge < -0.3 is 29.8 Å². The molecule has 2 saturated heterocycles. The number of likely N-dealkylation sites (tertiary alicyclic amines) is 1. The van der Waals surface area contributed by atoms with Crippen LogP contribution < -0.4 is 21.1 Å². The summed E-state index contributed by atoms with van der Waals surface area (Å²) in [6, 6.07) is 9.56. The van der Waals surface area contributed by atoms with Gasteiger partial charge in [0.1, 0.15) is 16.9 Å². The van der Waals surface area contributed by atoms with Crippen molar-refractivity contribution in [2.45, 2.75) is 75.5 Å². The van der Waals surface area contributed by atoms with Crippen molar-refractivity contribution in [2.75, 3.05) is 13.7 Å². The van der Waals surface area contributed by atoms with Crippen LogP contribution in [0.3, 0.4) is 0 Å². The largest absolute Gasteiger partial charge is 0.494 e. The van der Waals surface area contributed by atoms with Crippen molar-refractivity contribution in [3.8, 4) is 17.3 Å². The average Bonchev–Trinajstić information content (AvgIpc) is 3.47. The topological polar surface area (TPSA) is 149 Å². The Morgan fingerprint density at radius 1 is 1.06 bits per heavy atom. The summed E-state index contributed by atoms with van der Waals surface area (Å²) in [5, 5.41) is 6.45. The smallest absolute Gasteiger partial charge is 0.321 e.